The molecule has 3 nitrogen and oxygen atoms in total. The van der Waals surface area contributed by atoms with E-state index in [-0.39, 0.29) is 0 Å². The summed E-state index contributed by atoms with van der Waals surface area (Å²) in [5, 5.41) is 0. The Kier molecular flexibility index (Phi) is 3.44. The van der Waals surface area contributed by atoms with Gasteiger partial charge in [-0.15, -0.1) is 0 Å². The molecule has 2 heterocycles. The van der Waals surface area contributed by atoms with E-state index in [0.29, 0.717) is 12.6 Å². The number of likely N-dealkylation sites (tertiary alicyclic amines) is 1. The third-order valence-corrected chi connectivity index (χ3v) is 3.30. The molecule has 1 aromatic heterocycles. The third kappa shape index (κ3) is 2.41. The summed E-state index contributed by atoms with van der Waals surface area (Å²) in [5.74, 6) is 0.883. The Balaban J connectivity index is 2.02. The summed E-state index contributed by atoms with van der Waals surface area (Å²) in [6.07, 6.45) is 5.88. The molecule has 1 fully saturated rings. The maximum absolute atomic E-state index is 5.53. The summed E-state index contributed by atoms with van der Waals surface area (Å²) < 4.78 is 5.37. The van der Waals surface area contributed by atoms with Crippen molar-refractivity contribution in [2.45, 2.75) is 38.8 Å². The van der Waals surface area contributed by atoms with Gasteiger partial charge in [-0.25, -0.2) is 0 Å². The van der Waals surface area contributed by atoms with E-state index in [2.05, 4.69) is 17.9 Å². The van der Waals surface area contributed by atoms with E-state index in [1.165, 1.54) is 37.9 Å². The van der Waals surface area contributed by atoms with Gasteiger partial charge in [0.05, 0.1) is 12.8 Å². The fourth-order valence-corrected chi connectivity index (χ4v) is 2.24. The molecule has 15 heavy (non-hydrogen) atoms. The molecule has 1 aromatic rings. The van der Waals surface area contributed by atoms with Crippen LogP contribution in [0, 0.1) is 0 Å². The molecule has 1 unspecified atom stereocenters. The second-order valence-electron chi connectivity index (χ2n) is 4.32. The Morgan fingerprint density at radius 3 is 2.73 bits per heavy atom. The standard InChI is InChI=1S/C12H20N2O/c1-10(14-5-3-2-4-6-14)11-7-12(8-13)15-9-11/h7,9-10H,2-6,8,13H2,1H3. The Labute approximate surface area is 91.2 Å². The number of rotatable bonds is 3. The van der Waals surface area contributed by atoms with Crippen molar-refractivity contribution >= 4 is 0 Å². The second-order valence-corrected chi connectivity index (χ2v) is 4.32. The first-order valence-electron chi connectivity index (χ1n) is 5.82. The van der Waals surface area contributed by atoms with E-state index in [0.717, 1.165) is 5.76 Å². The molecule has 0 bridgehead atoms. The molecule has 84 valence electrons. The van der Waals surface area contributed by atoms with Crippen LogP contribution in [-0.4, -0.2) is 18.0 Å². The molecule has 0 aromatic carbocycles. The molecule has 0 saturated carbocycles. The lowest BCUT2D eigenvalue weighted by Crippen LogP contribution is -2.32. The van der Waals surface area contributed by atoms with Crippen molar-refractivity contribution in [1.29, 1.82) is 0 Å². The monoisotopic (exact) mass is 208 g/mol. The smallest absolute Gasteiger partial charge is 0.117 e. The van der Waals surface area contributed by atoms with Crippen LogP contribution in [0.25, 0.3) is 0 Å². The largest absolute Gasteiger partial charge is 0.468 e. The molecular formula is C12H20N2O. The highest BCUT2D eigenvalue weighted by Gasteiger charge is 2.19. The van der Waals surface area contributed by atoms with Gasteiger partial charge in [-0.2, -0.15) is 0 Å². The van der Waals surface area contributed by atoms with Gasteiger partial charge >= 0.3 is 0 Å². The summed E-state index contributed by atoms with van der Waals surface area (Å²) in [6.45, 7) is 5.16. The minimum absolute atomic E-state index is 0.467. The maximum atomic E-state index is 5.53. The van der Waals surface area contributed by atoms with E-state index >= 15 is 0 Å². The van der Waals surface area contributed by atoms with Crippen molar-refractivity contribution < 1.29 is 4.42 Å². The van der Waals surface area contributed by atoms with Crippen LogP contribution in [-0.2, 0) is 6.54 Å². The molecule has 3 heteroatoms. The van der Waals surface area contributed by atoms with Crippen molar-refractivity contribution in [3.8, 4) is 0 Å². The second kappa shape index (κ2) is 4.81. The highest BCUT2D eigenvalue weighted by molar-refractivity contribution is 5.16. The lowest BCUT2D eigenvalue weighted by molar-refractivity contribution is 0.174. The van der Waals surface area contributed by atoms with Crippen LogP contribution in [0.3, 0.4) is 0 Å². The molecule has 1 aliphatic rings. The average Bonchev–Trinajstić information content (AvgIpc) is 2.78. The van der Waals surface area contributed by atoms with Gasteiger partial charge in [0.15, 0.2) is 0 Å². The van der Waals surface area contributed by atoms with E-state index in [9.17, 15) is 0 Å². The minimum Gasteiger partial charge on any atom is -0.468 e. The van der Waals surface area contributed by atoms with Crippen molar-refractivity contribution in [1.82, 2.24) is 4.90 Å². The molecule has 0 spiro atoms. The van der Waals surface area contributed by atoms with Gasteiger partial charge in [-0.05, 0) is 38.9 Å². The van der Waals surface area contributed by atoms with Gasteiger partial charge in [0.25, 0.3) is 0 Å². The fourth-order valence-electron chi connectivity index (χ4n) is 2.24. The zero-order chi connectivity index (χ0) is 10.7. The van der Waals surface area contributed by atoms with Crippen LogP contribution in [0.1, 0.15) is 43.6 Å². The highest BCUT2D eigenvalue weighted by Crippen LogP contribution is 2.25. The van der Waals surface area contributed by atoms with Gasteiger partial charge in [0.2, 0.25) is 0 Å². The first-order valence-corrected chi connectivity index (χ1v) is 5.82. The van der Waals surface area contributed by atoms with Gasteiger partial charge in [0, 0.05) is 11.6 Å². The minimum atomic E-state index is 0.467. The van der Waals surface area contributed by atoms with Gasteiger partial charge in [-0.1, -0.05) is 6.42 Å². The summed E-state index contributed by atoms with van der Waals surface area (Å²) in [6, 6.07) is 2.55. The lowest BCUT2D eigenvalue weighted by atomic mass is 10.1. The van der Waals surface area contributed by atoms with Crippen molar-refractivity contribution in [2.24, 2.45) is 5.73 Å². The first-order chi connectivity index (χ1) is 7.31. The van der Waals surface area contributed by atoms with E-state index < -0.39 is 0 Å². The van der Waals surface area contributed by atoms with E-state index in [1.807, 2.05) is 6.26 Å². The van der Waals surface area contributed by atoms with Crippen LogP contribution in [0.15, 0.2) is 16.7 Å². The van der Waals surface area contributed by atoms with Crippen LogP contribution in [0.4, 0.5) is 0 Å². The van der Waals surface area contributed by atoms with Gasteiger partial charge in [0.1, 0.15) is 5.76 Å². The number of hydrogen-bond acceptors (Lipinski definition) is 3. The van der Waals surface area contributed by atoms with Crippen LogP contribution < -0.4 is 5.73 Å². The highest BCUT2D eigenvalue weighted by atomic mass is 16.3. The van der Waals surface area contributed by atoms with Crippen LogP contribution >= 0.6 is 0 Å². The van der Waals surface area contributed by atoms with Crippen molar-refractivity contribution in [3.05, 3.63) is 23.7 Å². The van der Waals surface area contributed by atoms with E-state index in [4.69, 9.17) is 10.2 Å². The predicted molar refractivity (Wildman–Crippen MR) is 60.4 cm³/mol. The van der Waals surface area contributed by atoms with Crippen LogP contribution in [0.2, 0.25) is 0 Å². The SMILES string of the molecule is CC(c1coc(CN)c1)N1CCCCC1. The predicted octanol–water partition coefficient (Wildman–Crippen LogP) is 2.29. The topological polar surface area (TPSA) is 42.4 Å². The fraction of sp³-hybridized carbons (Fsp3) is 0.667. The number of hydrogen-bond donors (Lipinski definition) is 1. The number of nitrogens with zero attached hydrogens (tertiary/aromatic N) is 1. The molecule has 2 rings (SSSR count). The average molecular weight is 208 g/mol. The normalized spacial score (nSPS) is 20.4. The number of nitrogens with two attached hydrogens (primary N) is 1. The molecule has 1 aliphatic heterocycles. The quantitative estimate of drug-likeness (QED) is 0.828. The Morgan fingerprint density at radius 1 is 1.40 bits per heavy atom. The first kappa shape index (κ1) is 10.7. The summed E-state index contributed by atoms with van der Waals surface area (Å²) in [5.41, 5.74) is 6.80. The lowest BCUT2D eigenvalue weighted by Gasteiger charge is -2.31. The van der Waals surface area contributed by atoms with E-state index in [1.54, 1.807) is 0 Å². The Morgan fingerprint density at radius 2 is 2.13 bits per heavy atom. The maximum Gasteiger partial charge on any atom is 0.117 e. The molecular weight excluding hydrogens is 188 g/mol. The number of furan rings is 1. The summed E-state index contributed by atoms with van der Waals surface area (Å²) in [4.78, 5) is 2.52. The number of piperidine rings is 1. The van der Waals surface area contributed by atoms with Gasteiger partial charge < -0.3 is 10.2 Å². The zero-order valence-corrected chi connectivity index (χ0v) is 9.41. The molecule has 1 saturated heterocycles. The summed E-state index contributed by atoms with van der Waals surface area (Å²) >= 11 is 0. The molecule has 0 radical (unpaired) electrons. The molecule has 0 aliphatic carbocycles. The Bertz CT molecular complexity index is 302. The van der Waals surface area contributed by atoms with Crippen LogP contribution in [0.5, 0.6) is 0 Å². The zero-order valence-electron chi connectivity index (χ0n) is 9.41. The van der Waals surface area contributed by atoms with Gasteiger partial charge in [-0.3, -0.25) is 4.90 Å². The van der Waals surface area contributed by atoms with Crippen molar-refractivity contribution in [3.63, 3.8) is 0 Å². The molecule has 0 amide bonds. The summed E-state index contributed by atoms with van der Waals surface area (Å²) in [7, 11) is 0. The van der Waals surface area contributed by atoms with Crippen molar-refractivity contribution in [2.75, 3.05) is 13.1 Å². The molecule has 1 atom stereocenters. The Hall–Kier alpha value is -0.800. The third-order valence-electron chi connectivity index (χ3n) is 3.30. The molecule has 2 N–H and O–H groups in total.